The topological polar surface area (TPSA) is 87.2 Å². The van der Waals surface area contributed by atoms with Gasteiger partial charge in [-0.05, 0) is 61.7 Å². The summed E-state index contributed by atoms with van der Waals surface area (Å²) in [6.07, 6.45) is 1.66. The largest absolute Gasteiger partial charge is 0.322 e. The highest BCUT2D eigenvalue weighted by molar-refractivity contribution is 7.13. The molecule has 0 spiro atoms. The van der Waals surface area contributed by atoms with Gasteiger partial charge in [-0.1, -0.05) is 35.1 Å². The number of likely N-dealkylation sites (tertiary alicyclic amines) is 1. The van der Waals surface area contributed by atoms with Crippen LogP contribution in [0.1, 0.15) is 39.3 Å². The lowest BCUT2D eigenvalue weighted by Gasteiger charge is -2.23. The van der Waals surface area contributed by atoms with Crippen LogP contribution in [0.15, 0.2) is 48.5 Å². The van der Waals surface area contributed by atoms with Gasteiger partial charge >= 0.3 is 6.03 Å². The van der Waals surface area contributed by atoms with Crippen molar-refractivity contribution in [1.82, 2.24) is 15.1 Å². The van der Waals surface area contributed by atoms with Crippen molar-refractivity contribution in [3.63, 3.8) is 0 Å². The van der Waals surface area contributed by atoms with E-state index in [0.717, 1.165) is 24.1 Å². The Kier molecular flexibility index (Phi) is 5.96. The van der Waals surface area contributed by atoms with Gasteiger partial charge in [-0.3, -0.25) is 4.79 Å². The van der Waals surface area contributed by atoms with Gasteiger partial charge in [0.15, 0.2) is 0 Å². The Labute approximate surface area is 183 Å². The Balaban J connectivity index is 1.44. The molecule has 0 aliphatic carbocycles. The first-order valence-electron chi connectivity index (χ1n) is 9.54. The molecule has 2 N–H and O–H groups in total. The number of aromatic nitrogens is 2. The zero-order chi connectivity index (χ0) is 21.1. The van der Waals surface area contributed by atoms with Gasteiger partial charge in [-0.2, -0.15) is 0 Å². The van der Waals surface area contributed by atoms with Crippen molar-refractivity contribution in [2.45, 2.75) is 25.8 Å². The van der Waals surface area contributed by atoms with E-state index >= 15 is 0 Å². The molecule has 0 saturated carbocycles. The fourth-order valence-electron chi connectivity index (χ4n) is 3.36. The number of hydrogen-bond donors (Lipinski definition) is 2. The molecule has 1 saturated heterocycles. The van der Waals surface area contributed by atoms with Gasteiger partial charge in [0.25, 0.3) is 5.91 Å². The summed E-state index contributed by atoms with van der Waals surface area (Å²) in [5, 5.41) is 15.5. The summed E-state index contributed by atoms with van der Waals surface area (Å²) in [7, 11) is 0. The molecular formula is C21H20ClN5O2S. The zero-order valence-corrected chi connectivity index (χ0v) is 17.8. The highest BCUT2D eigenvalue weighted by Crippen LogP contribution is 2.34. The van der Waals surface area contributed by atoms with Crippen LogP contribution in [-0.2, 0) is 0 Å². The fourth-order valence-corrected chi connectivity index (χ4v) is 4.38. The Morgan fingerprint density at radius 1 is 1.10 bits per heavy atom. The van der Waals surface area contributed by atoms with Crippen molar-refractivity contribution in [1.29, 1.82) is 0 Å². The fraction of sp³-hybridized carbons (Fsp3) is 0.238. The van der Waals surface area contributed by atoms with E-state index < -0.39 is 0 Å². The maximum absolute atomic E-state index is 12.8. The van der Waals surface area contributed by atoms with Gasteiger partial charge in [0.05, 0.1) is 6.04 Å². The predicted octanol–water partition coefficient (Wildman–Crippen LogP) is 5.12. The molecule has 154 valence electrons. The van der Waals surface area contributed by atoms with E-state index in [1.807, 2.05) is 31.2 Å². The molecule has 3 aromatic rings. The molecule has 2 aromatic carbocycles. The lowest BCUT2D eigenvalue weighted by atomic mass is 10.2. The molecule has 7 nitrogen and oxygen atoms in total. The molecule has 2 heterocycles. The molecular weight excluding hydrogens is 422 g/mol. The van der Waals surface area contributed by atoms with Crippen molar-refractivity contribution in [2.24, 2.45) is 0 Å². The van der Waals surface area contributed by atoms with Crippen molar-refractivity contribution < 1.29 is 9.59 Å². The lowest BCUT2D eigenvalue weighted by Crippen LogP contribution is -2.34. The maximum atomic E-state index is 12.8. The SMILES string of the molecule is Cc1cccc(NC(=O)N2CCC[C@@H]2c2nnc(C(=O)Nc3ccc(Cl)cc3)s2)c1. The summed E-state index contributed by atoms with van der Waals surface area (Å²) in [4.78, 5) is 27.0. The minimum atomic E-state index is -0.338. The molecule has 0 radical (unpaired) electrons. The number of aryl methyl sites for hydroxylation is 1. The number of nitrogens with zero attached hydrogens (tertiary/aromatic N) is 3. The van der Waals surface area contributed by atoms with E-state index in [1.54, 1.807) is 29.2 Å². The van der Waals surface area contributed by atoms with Crippen LogP contribution in [0.3, 0.4) is 0 Å². The third kappa shape index (κ3) is 4.60. The standard InChI is InChI=1S/C21H20ClN5O2S/c1-13-4-2-5-16(12-13)24-21(29)27-11-3-6-17(27)19-25-26-20(30-19)18(28)23-15-9-7-14(22)8-10-15/h2,4-5,7-10,12,17H,3,6,11H2,1H3,(H,23,28)(H,24,29)/t17-/m1/s1. The van der Waals surface area contributed by atoms with Crippen LogP contribution in [0.5, 0.6) is 0 Å². The first-order chi connectivity index (χ1) is 14.5. The number of hydrogen-bond acceptors (Lipinski definition) is 5. The molecule has 0 unspecified atom stereocenters. The highest BCUT2D eigenvalue weighted by Gasteiger charge is 2.33. The number of benzene rings is 2. The lowest BCUT2D eigenvalue weighted by molar-refractivity contribution is 0.102. The first-order valence-corrected chi connectivity index (χ1v) is 10.7. The molecule has 1 aromatic heterocycles. The Morgan fingerprint density at radius 2 is 1.90 bits per heavy atom. The van der Waals surface area contributed by atoms with E-state index in [1.165, 1.54) is 11.3 Å². The van der Waals surface area contributed by atoms with Crippen LogP contribution < -0.4 is 10.6 Å². The van der Waals surface area contributed by atoms with Crippen LogP contribution >= 0.6 is 22.9 Å². The highest BCUT2D eigenvalue weighted by atomic mass is 35.5. The maximum Gasteiger partial charge on any atom is 0.322 e. The van der Waals surface area contributed by atoms with E-state index in [0.29, 0.717) is 22.3 Å². The molecule has 1 aliphatic heterocycles. The molecule has 30 heavy (non-hydrogen) atoms. The Morgan fingerprint density at radius 3 is 2.67 bits per heavy atom. The summed E-state index contributed by atoms with van der Waals surface area (Å²) in [6.45, 7) is 2.61. The number of rotatable bonds is 4. The van der Waals surface area contributed by atoms with Crippen LogP contribution in [0, 0.1) is 6.92 Å². The van der Waals surface area contributed by atoms with E-state index in [4.69, 9.17) is 11.6 Å². The number of carbonyl (C=O) groups excluding carboxylic acids is 2. The van der Waals surface area contributed by atoms with Crippen molar-refractivity contribution in [3.05, 3.63) is 69.1 Å². The van der Waals surface area contributed by atoms with E-state index in [2.05, 4.69) is 20.8 Å². The van der Waals surface area contributed by atoms with Crippen LogP contribution in [0.25, 0.3) is 0 Å². The number of amides is 3. The smallest absolute Gasteiger partial charge is 0.320 e. The second-order valence-electron chi connectivity index (χ2n) is 7.06. The second-order valence-corrected chi connectivity index (χ2v) is 8.50. The minimum absolute atomic E-state index is 0.175. The monoisotopic (exact) mass is 441 g/mol. The van der Waals surface area contributed by atoms with E-state index in [-0.39, 0.29) is 23.0 Å². The number of carbonyl (C=O) groups is 2. The summed E-state index contributed by atoms with van der Waals surface area (Å²) < 4.78 is 0. The minimum Gasteiger partial charge on any atom is -0.320 e. The van der Waals surface area contributed by atoms with Crippen LogP contribution in [-0.4, -0.2) is 33.6 Å². The quantitative estimate of drug-likeness (QED) is 0.588. The first kappa shape index (κ1) is 20.3. The van der Waals surface area contributed by atoms with Crippen LogP contribution in [0.2, 0.25) is 5.02 Å². The molecule has 1 fully saturated rings. The molecule has 9 heteroatoms. The predicted molar refractivity (Wildman–Crippen MR) is 118 cm³/mol. The van der Waals surface area contributed by atoms with Crippen molar-refractivity contribution in [2.75, 3.05) is 17.2 Å². The normalized spacial score (nSPS) is 15.8. The van der Waals surface area contributed by atoms with Gasteiger partial charge in [-0.25, -0.2) is 4.79 Å². The molecule has 3 amide bonds. The molecule has 0 bridgehead atoms. The van der Waals surface area contributed by atoms with Gasteiger partial charge < -0.3 is 15.5 Å². The van der Waals surface area contributed by atoms with Gasteiger partial charge in [0.2, 0.25) is 5.01 Å². The average Bonchev–Trinajstić information content (AvgIpc) is 3.39. The van der Waals surface area contributed by atoms with Crippen molar-refractivity contribution >= 4 is 46.3 Å². The number of halogens is 1. The number of nitrogens with one attached hydrogen (secondary N) is 2. The van der Waals surface area contributed by atoms with E-state index in [9.17, 15) is 9.59 Å². The van der Waals surface area contributed by atoms with Gasteiger partial charge in [0.1, 0.15) is 5.01 Å². The van der Waals surface area contributed by atoms with Crippen LogP contribution in [0.4, 0.5) is 16.2 Å². The number of anilines is 2. The average molecular weight is 442 g/mol. The summed E-state index contributed by atoms with van der Waals surface area (Å²) >= 11 is 7.08. The second kappa shape index (κ2) is 8.81. The molecule has 1 aliphatic rings. The Bertz CT molecular complexity index is 1070. The number of urea groups is 1. The third-order valence-electron chi connectivity index (χ3n) is 4.81. The summed E-state index contributed by atoms with van der Waals surface area (Å²) in [6, 6.07) is 14.1. The molecule has 4 rings (SSSR count). The third-order valence-corrected chi connectivity index (χ3v) is 6.08. The van der Waals surface area contributed by atoms with Gasteiger partial charge in [-0.15, -0.1) is 10.2 Å². The summed E-state index contributed by atoms with van der Waals surface area (Å²) in [5.41, 5.74) is 2.46. The van der Waals surface area contributed by atoms with Gasteiger partial charge in [0, 0.05) is 22.9 Å². The summed E-state index contributed by atoms with van der Waals surface area (Å²) in [5.74, 6) is -0.338. The molecule has 1 atom stereocenters. The zero-order valence-electron chi connectivity index (χ0n) is 16.3. The Hall–Kier alpha value is -2.97. The van der Waals surface area contributed by atoms with Crippen molar-refractivity contribution in [3.8, 4) is 0 Å².